The Balaban J connectivity index is 1.70. The number of nitriles is 1. The summed E-state index contributed by atoms with van der Waals surface area (Å²) in [6.45, 7) is -0.00860. The maximum Gasteiger partial charge on any atom is 0.248 e. The summed E-state index contributed by atoms with van der Waals surface area (Å²) >= 11 is 6.04. The highest BCUT2D eigenvalue weighted by Crippen LogP contribution is 2.24. The number of carbonyl (C=O) groups is 1. The van der Waals surface area contributed by atoms with Crippen LogP contribution in [0.2, 0.25) is 5.02 Å². The smallest absolute Gasteiger partial charge is 0.248 e. The normalized spacial score (nSPS) is 10.5. The molecule has 0 aliphatic rings. The second kappa shape index (κ2) is 8.65. The van der Waals surface area contributed by atoms with Crippen LogP contribution in [0, 0.1) is 11.3 Å². The third kappa shape index (κ3) is 4.93. The van der Waals surface area contributed by atoms with Crippen LogP contribution < -0.4 is 10.1 Å². The Labute approximate surface area is 160 Å². The van der Waals surface area contributed by atoms with Crippen molar-refractivity contribution in [1.29, 1.82) is 5.26 Å². The summed E-state index contributed by atoms with van der Waals surface area (Å²) in [7, 11) is 0. The monoisotopic (exact) mass is 379 g/mol. The Kier molecular flexibility index (Phi) is 5.82. The van der Waals surface area contributed by atoms with E-state index in [4.69, 9.17) is 21.6 Å². The molecule has 1 N–H and O–H groups in total. The van der Waals surface area contributed by atoms with Gasteiger partial charge in [-0.05, 0) is 42.0 Å². The number of ether oxygens (including phenoxy) is 1. The summed E-state index contributed by atoms with van der Waals surface area (Å²) in [5, 5.41) is 15.8. The number of anilines is 1. The first-order valence-electron chi connectivity index (χ1n) is 7.89. The molecule has 1 amide bonds. The largest absolute Gasteiger partial charge is 0.479 e. The van der Waals surface area contributed by atoms with Crippen molar-refractivity contribution in [3.8, 4) is 17.5 Å². The number of carbonyl (C=O) groups excluding carboxylic acids is 1. The highest BCUT2D eigenvalue weighted by Gasteiger charge is 2.08. The number of nitrogens with one attached hydrogen (secondary N) is 1. The quantitative estimate of drug-likeness (QED) is 0.662. The molecule has 3 aromatic rings. The molecular formula is C19H14ClN5O2. The van der Waals surface area contributed by atoms with Gasteiger partial charge in [-0.15, -0.1) is 0 Å². The summed E-state index contributed by atoms with van der Waals surface area (Å²) in [4.78, 5) is 16.2. The zero-order valence-corrected chi connectivity index (χ0v) is 14.8. The van der Waals surface area contributed by atoms with Gasteiger partial charge in [0.2, 0.25) is 5.91 Å². The molecule has 0 spiro atoms. The van der Waals surface area contributed by atoms with Gasteiger partial charge in [0.1, 0.15) is 24.5 Å². The number of nitrogens with zero attached hydrogens (tertiary/aromatic N) is 4. The molecule has 0 unspecified atom stereocenters. The maximum atomic E-state index is 12.3. The van der Waals surface area contributed by atoms with Crippen molar-refractivity contribution in [2.24, 2.45) is 0 Å². The number of amides is 1. The number of halogens is 1. The fraction of sp³-hybridized carbons (Fsp3) is 0.0526. The first kappa shape index (κ1) is 18.2. The molecule has 0 bridgehead atoms. The van der Waals surface area contributed by atoms with Crippen LogP contribution in [-0.2, 0) is 4.79 Å². The summed E-state index contributed by atoms with van der Waals surface area (Å²) in [6.07, 6.45) is 6.02. The van der Waals surface area contributed by atoms with E-state index in [9.17, 15) is 4.79 Å². The fourth-order valence-corrected chi connectivity index (χ4v) is 2.45. The maximum absolute atomic E-state index is 12.3. The first-order chi connectivity index (χ1) is 13.2. The molecule has 7 nitrogen and oxygen atoms in total. The lowest BCUT2D eigenvalue weighted by Crippen LogP contribution is -2.11. The van der Waals surface area contributed by atoms with E-state index < -0.39 is 0 Å². The number of hydrogen-bond acceptors (Lipinski definition) is 5. The fourth-order valence-electron chi connectivity index (χ4n) is 2.28. The van der Waals surface area contributed by atoms with Crippen LogP contribution in [0.4, 0.5) is 5.69 Å². The Morgan fingerprint density at radius 1 is 1.30 bits per heavy atom. The Morgan fingerprint density at radius 3 is 2.81 bits per heavy atom. The average molecular weight is 380 g/mol. The van der Waals surface area contributed by atoms with Gasteiger partial charge >= 0.3 is 0 Å². The van der Waals surface area contributed by atoms with Crippen molar-refractivity contribution in [3.63, 3.8) is 0 Å². The minimum Gasteiger partial charge on any atom is -0.479 e. The second-order valence-electron chi connectivity index (χ2n) is 5.34. The second-order valence-corrected chi connectivity index (χ2v) is 5.78. The van der Waals surface area contributed by atoms with Gasteiger partial charge in [-0.1, -0.05) is 23.7 Å². The van der Waals surface area contributed by atoms with Crippen molar-refractivity contribution in [2.75, 3.05) is 11.9 Å². The highest BCUT2D eigenvalue weighted by atomic mass is 35.5. The minimum absolute atomic E-state index is 0.00860. The molecule has 0 fully saturated rings. The van der Waals surface area contributed by atoms with Gasteiger partial charge < -0.3 is 10.1 Å². The molecule has 0 aliphatic heterocycles. The summed E-state index contributed by atoms with van der Waals surface area (Å²) < 4.78 is 6.72. The molecule has 0 radical (unpaired) electrons. The standard InChI is InChI=1S/C19H14ClN5O2/c20-15-4-7-18(25-13-22-12-23-25)17(11-15)24-19(26)8-3-14-1-5-16(6-2-14)27-10-9-21/h1-8,11-13H,10H2,(H,24,26). The first-order valence-corrected chi connectivity index (χ1v) is 8.27. The van der Waals surface area contributed by atoms with Gasteiger partial charge in [-0.3, -0.25) is 4.79 Å². The molecule has 1 heterocycles. The molecule has 134 valence electrons. The molecule has 0 aliphatic carbocycles. The lowest BCUT2D eigenvalue weighted by Gasteiger charge is -2.10. The molecule has 0 atom stereocenters. The van der Waals surface area contributed by atoms with Crippen molar-refractivity contribution in [2.45, 2.75) is 0 Å². The zero-order valence-electron chi connectivity index (χ0n) is 14.0. The van der Waals surface area contributed by atoms with E-state index >= 15 is 0 Å². The Bertz CT molecular complexity index is 992. The summed E-state index contributed by atoms with van der Waals surface area (Å²) in [5.41, 5.74) is 1.98. The van der Waals surface area contributed by atoms with Crippen LogP contribution in [0.25, 0.3) is 11.8 Å². The number of rotatable bonds is 6. The van der Waals surface area contributed by atoms with Gasteiger partial charge in [0, 0.05) is 11.1 Å². The van der Waals surface area contributed by atoms with Gasteiger partial charge in [0.05, 0.1) is 11.4 Å². The molecule has 0 saturated heterocycles. The van der Waals surface area contributed by atoms with Crippen LogP contribution in [0.5, 0.6) is 5.75 Å². The third-order valence-corrected chi connectivity index (χ3v) is 3.73. The molecule has 3 rings (SSSR count). The average Bonchev–Trinajstić information content (AvgIpc) is 3.20. The van der Waals surface area contributed by atoms with E-state index in [0.717, 1.165) is 5.56 Å². The van der Waals surface area contributed by atoms with Crippen LogP contribution in [0.1, 0.15) is 5.56 Å². The van der Waals surface area contributed by atoms with Crippen molar-refractivity contribution in [3.05, 3.63) is 71.8 Å². The molecular weight excluding hydrogens is 366 g/mol. The van der Waals surface area contributed by atoms with Crippen LogP contribution in [-0.4, -0.2) is 27.3 Å². The van der Waals surface area contributed by atoms with Crippen molar-refractivity contribution < 1.29 is 9.53 Å². The topological polar surface area (TPSA) is 92.8 Å². The molecule has 27 heavy (non-hydrogen) atoms. The number of hydrogen-bond donors (Lipinski definition) is 1. The zero-order chi connectivity index (χ0) is 19.1. The number of benzene rings is 2. The van der Waals surface area contributed by atoms with E-state index in [1.807, 2.05) is 6.07 Å². The van der Waals surface area contributed by atoms with E-state index in [2.05, 4.69) is 15.4 Å². The van der Waals surface area contributed by atoms with Crippen LogP contribution >= 0.6 is 11.6 Å². The van der Waals surface area contributed by atoms with Crippen LogP contribution in [0.3, 0.4) is 0 Å². The molecule has 2 aromatic carbocycles. The van der Waals surface area contributed by atoms with Crippen molar-refractivity contribution in [1.82, 2.24) is 14.8 Å². The lowest BCUT2D eigenvalue weighted by molar-refractivity contribution is -0.111. The number of aromatic nitrogens is 3. The summed E-state index contributed by atoms with van der Waals surface area (Å²) in [5.74, 6) is 0.276. The Hall–Kier alpha value is -3.63. The minimum atomic E-state index is -0.316. The van der Waals surface area contributed by atoms with Gasteiger partial charge in [-0.25, -0.2) is 9.67 Å². The van der Waals surface area contributed by atoms with E-state index in [1.165, 1.54) is 23.4 Å². The third-order valence-electron chi connectivity index (χ3n) is 3.49. The van der Waals surface area contributed by atoms with Gasteiger partial charge in [-0.2, -0.15) is 10.4 Å². The van der Waals surface area contributed by atoms with E-state index in [0.29, 0.717) is 22.1 Å². The highest BCUT2D eigenvalue weighted by molar-refractivity contribution is 6.31. The Morgan fingerprint density at radius 2 is 2.11 bits per heavy atom. The summed E-state index contributed by atoms with van der Waals surface area (Å²) in [6, 6.07) is 14.0. The lowest BCUT2D eigenvalue weighted by atomic mass is 10.2. The molecule has 0 saturated carbocycles. The molecule has 8 heteroatoms. The SMILES string of the molecule is N#CCOc1ccc(C=CC(=O)Nc2cc(Cl)ccc2-n2cncn2)cc1. The van der Waals surface area contributed by atoms with Crippen LogP contribution in [0.15, 0.2) is 61.2 Å². The predicted octanol–water partition coefficient (Wildman–Crippen LogP) is 3.47. The van der Waals surface area contributed by atoms with Gasteiger partial charge in [0.15, 0.2) is 6.61 Å². The van der Waals surface area contributed by atoms with E-state index in [-0.39, 0.29) is 12.5 Å². The predicted molar refractivity (Wildman–Crippen MR) is 102 cm³/mol. The molecule has 1 aromatic heterocycles. The van der Waals surface area contributed by atoms with E-state index in [1.54, 1.807) is 48.5 Å². The van der Waals surface area contributed by atoms with Gasteiger partial charge in [0.25, 0.3) is 0 Å². The van der Waals surface area contributed by atoms with Crippen molar-refractivity contribution >= 4 is 29.3 Å².